The van der Waals surface area contributed by atoms with Crippen LogP contribution in [0.15, 0.2) is 12.4 Å². The average molecular weight is 262 g/mol. The van der Waals surface area contributed by atoms with Crippen molar-refractivity contribution in [3.63, 3.8) is 0 Å². The molecule has 1 aromatic rings. The molecule has 0 radical (unpaired) electrons. The van der Waals surface area contributed by atoms with E-state index in [0.29, 0.717) is 12.1 Å². The molecule has 2 heterocycles. The molecule has 1 saturated carbocycles. The van der Waals surface area contributed by atoms with Gasteiger partial charge in [0.25, 0.3) is 0 Å². The van der Waals surface area contributed by atoms with Crippen molar-refractivity contribution in [2.24, 2.45) is 0 Å². The number of rotatable bonds is 5. The summed E-state index contributed by atoms with van der Waals surface area (Å²) in [5, 5.41) is 3.48. The van der Waals surface area contributed by atoms with E-state index in [9.17, 15) is 0 Å². The molecule has 19 heavy (non-hydrogen) atoms. The average Bonchev–Trinajstić information content (AvgIpc) is 3.30. The number of hydrogen-bond acceptors (Lipinski definition) is 5. The van der Waals surface area contributed by atoms with Gasteiger partial charge in [-0.2, -0.15) is 0 Å². The van der Waals surface area contributed by atoms with E-state index < -0.39 is 0 Å². The van der Waals surface area contributed by atoms with Crippen molar-refractivity contribution in [3.05, 3.63) is 18.1 Å². The van der Waals surface area contributed by atoms with Gasteiger partial charge in [-0.05, 0) is 25.7 Å². The van der Waals surface area contributed by atoms with E-state index in [1.165, 1.54) is 12.8 Å². The fourth-order valence-electron chi connectivity index (χ4n) is 2.49. The molecular formula is C14H22N4O. The second kappa shape index (κ2) is 5.84. The van der Waals surface area contributed by atoms with E-state index in [1.54, 1.807) is 7.11 Å². The third-order valence-corrected chi connectivity index (χ3v) is 3.92. The van der Waals surface area contributed by atoms with Crippen LogP contribution < -0.4 is 10.2 Å². The zero-order valence-electron chi connectivity index (χ0n) is 11.5. The Bertz CT molecular complexity index is 414. The first-order chi connectivity index (χ1) is 9.35. The maximum atomic E-state index is 5.40. The summed E-state index contributed by atoms with van der Waals surface area (Å²) in [6.45, 7) is 2.85. The second-order valence-electron chi connectivity index (χ2n) is 5.45. The van der Waals surface area contributed by atoms with Crippen LogP contribution >= 0.6 is 0 Å². The van der Waals surface area contributed by atoms with Gasteiger partial charge in [0.15, 0.2) is 0 Å². The first-order valence-electron chi connectivity index (χ1n) is 7.17. The maximum Gasteiger partial charge on any atom is 0.147 e. The third-order valence-electron chi connectivity index (χ3n) is 3.92. The van der Waals surface area contributed by atoms with Crippen molar-refractivity contribution in [3.8, 4) is 0 Å². The van der Waals surface area contributed by atoms with E-state index in [4.69, 9.17) is 9.72 Å². The maximum absolute atomic E-state index is 5.40. The highest BCUT2D eigenvalue weighted by Gasteiger charge is 2.21. The monoisotopic (exact) mass is 262 g/mol. The third kappa shape index (κ3) is 3.42. The number of nitrogens with zero attached hydrogens (tertiary/aromatic N) is 3. The highest BCUT2D eigenvalue weighted by Crippen LogP contribution is 2.20. The smallest absolute Gasteiger partial charge is 0.147 e. The number of anilines is 1. The van der Waals surface area contributed by atoms with Crippen molar-refractivity contribution in [2.45, 2.75) is 44.4 Å². The summed E-state index contributed by atoms with van der Waals surface area (Å²) in [5.74, 6) is 1.00. The number of ether oxygens (including phenoxy) is 1. The molecule has 5 nitrogen and oxygen atoms in total. The Morgan fingerprint density at radius 1 is 1.26 bits per heavy atom. The number of nitrogens with one attached hydrogen (secondary N) is 1. The minimum atomic E-state index is 0.406. The molecule has 1 aliphatic carbocycles. The van der Waals surface area contributed by atoms with Gasteiger partial charge in [0.1, 0.15) is 5.82 Å². The summed E-state index contributed by atoms with van der Waals surface area (Å²) in [7, 11) is 1.80. The van der Waals surface area contributed by atoms with Crippen molar-refractivity contribution in [2.75, 3.05) is 25.1 Å². The Morgan fingerprint density at radius 3 is 2.74 bits per heavy atom. The topological polar surface area (TPSA) is 50.3 Å². The fourth-order valence-corrected chi connectivity index (χ4v) is 2.49. The van der Waals surface area contributed by atoms with Gasteiger partial charge in [-0.25, -0.2) is 4.98 Å². The Balaban J connectivity index is 1.58. The van der Waals surface area contributed by atoms with Gasteiger partial charge in [-0.3, -0.25) is 4.98 Å². The van der Waals surface area contributed by atoms with Gasteiger partial charge in [0.2, 0.25) is 0 Å². The summed E-state index contributed by atoms with van der Waals surface area (Å²) < 4.78 is 5.40. The Hall–Kier alpha value is -1.20. The van der Waals surface area contributed by atoms with Crippen molar-refractivity contribution in [1.82, 2.24) is 15.3 Å². The predicted molar refractivity (Wildman–Crippen MR) is 74.1 cm³/mol. The Labute approximate surface area is 114 Å². The first kappa shape index (κ1) is 12.8. The van der Waals surface area contributed by atoms with Gasteiger partial charge in [0.05, 0.1) is 18.0 Å². The molecule has 0 bridgehead atoms. The number of methoxy groups -OCH3 is 1. The summed E-state index contributed by atoms with van der Waals surface area (Å²) in [5.41, 5.74) is 1.04. The standard InChI is InChI=1S/C14H22N4O/c1-19-13-4-6-18(7-5-13)14-10-15-8-12(17-14)9-16-11-2-3-11/h8,10-11,13,16H,2-7,9H2,1H3. The highest BCUT2D eigenvalue weighted by atomic mass is 16.5. The minimum Gasteiger partial charge on any atom is -0.381 e. The molecule has 1 saturated heterocycles. The van der Waals surface area contributed by atoms with E-state index in [1.807, 2.05) is 12.4 Å². The van der Waals surface area contributed by atoms with Gasteiger partial charge < -0.3 is 15.0 Å². The zero-order chi connectivity index (χ0) is 13.1. The lowest BCUT2D eigenvalue weighted by molar-refractivity contribution is 0.0818. The Morgan fingerprint density at radius 2 is 2.05 bits per heavy atom. The van der Waals surface area contributed by atoms with Gasteiger partial charge in [-0.15, -0.1) is 0 Å². The van der Waals surface area contributed by atoms with Crippen LogP contribution in [0, 0.1) is 0 Å². The van der Waals surface area contributed by atoms with Gasteiger partial charge in [-0.1, -0.05) is 0 Å². The van der Waals surface area contributed by atoms with Crippen molar-refractivity contribution >= 4 is 5.82 Å². The first-order valence-corrected chi connectivity index (χ1v) is 7.17. The van der Waals surface area contributed by atoms with Crippen molar-refractivity contribution < 1.29 is 4.74 Å². The molecule has 1 aromatic heterocycles. The Kier molecular flexibility index (Phi) is 3.94. The number of hydrogen-bond donors (Lipinski definition) is 1. The highest BCUT2D eigenvalue weighted by molar-refractivity contribution is 5.36. The van der Waals surface area contributed by atoms with Crippen molar-refractivity contribution in [1.29, 1.82) is 0 Å². The lowest BCUT2D eigenvalue weighted by atomic mass is 10.1. The van der Waals surface area contributed by atoms with E-state index >= 15 is 0 Å². The van der Waals surface area contributed by atoms with Gasteiger partial charge >= 0.3 is 0 Å². The molecule has 0 spiro atoms. The van der Waals surface area contributed by atoms with Crippen LogP contribution in [0.1, 0.15) is 31.4 Å². The van der Waals surface area contributed by atoms with Crippen LogP contribution in [-0.2, 0) is 11.3 Å². The molecule has 2 aliphatic rings. The molecule has 104 valence electrons. The number of piperidine rings is 1. The fraction of sp³-hybridized carbons (Fsp3) is 0.714. The lowest BCUT2D eigenvalue weighted by Gasteiger charge is -2.31. The van der Waals surface area contributed by atoms with Crippen LogP contribution in [0.5, 0.6) is 0 Å². The molecule has 0 aromatic carbocycles. The second-order valence-corrected chi connectivity index (χ2v) is 5.45. The molecule has 1 N–H and O–H groups in total. The predicted octanol–water partition coefficient (Wildman–Crippen LogP) is 1.34. The zero-order valence-corrected chi connectivity index (χ0v) is 11.5. The molecule has 3 rings (SSSR count). The molecule has 0 atom stereocenters. The van der Waals surface area contributed by atoms with Gasteiger partial charge in [0, 0.05) is 39.0 Å². The minimum absolute atomic E-state index is 0.406. The molecule has 0 amide bonds. The molecule has 5 heteroatoms. The SMILES string of the molecule is COC1CCN(c2cncc(CNC3CC3)n2)CC1. The van der Waals surface area contributed by atoms with Crippen LogP contribution in [0.4, 0.5) is 5.82 Å². The van der Waals surface area contributed by atoms with E-state index in [0.717, 1.165) is 44.0 Å². The van der Waals surface area contributed by atoms with Crippen LogP contribution in [0.2, 0.25) is 0 Å². The quantitative estimate of drug-likeness (QED) is 0.868. The van der Waals surface area contributed by atoms with Crippen LogP contribution in [-0.4, -0.2) is 42.3 Å². The summed E-state index contributed by atoms with van der Waals surface area (Å²) in [6.07, 6.45) is 8.89. The molecule has 2 fully saturated rings. The van der Waals surface area contributed by atoms with Crippen LogP contribution in [0.25, 0.3) is 0 Å². The molecular weight excluding hydrogens is 240 g/mol. The summed E-state index contributed by atoms with van der Waals surface area (Å²) >= 11 is 0. The number of aromatic nitrogens is 2. The molecule has 0 unspecified atom stereocenters. The molecule has 1 aliphatic heterocycles. The summed E-state index contributed by atoms with van der Waals surface area (Å²) in [6, 6.07) is 0.711. The van der Waals surface area contributed by atoms with Crippen LogP contribution in [0.3, 0.4) is 0 Å². The van der Waals surface area contributed by atoms with E-state index in [-0.39, 0.29) is 0 Å². The summed E-state index contributed by atoms with van der Waals surface area (Å²) in [4.78, 5) is 11.3. The largest absolute Gasteiger partial charge is 0.381 e. The lowest BCUT2D eigenvalue weighted by Crippen LogP contribution is -2.37. The van der Waals surface area contributed by atoms with E-state index in [2.05, 4.69) is 15.2 Å². The normalized spacial score (nSPS) is 20.8.